The largest absolute Gasteiger partial charge is 0.392 e. The standard InChI is InChI=1S/C10H12ClFOS/c1-14-6-9(13)4-7-2-3-8(12)5-10(7)11/h2-3,5,9,13H,4,6H2,1H3. The molecule has 0 heterocycles. The first-order valence-electron chi connectivity index (χ1n) is 4.24. The third kappa shape index (κ3) is 3.48. The molecule has 0 bridgehead atoms. The Morgan fingerprint density at radius 3 is 2.86 bits per heavy atom. The fraction of sp³-hybridized carbons (Fsp3) is 0.400. The Hall–Kier alpha value is -0.250. The predicted molar refractivity (Wildman–Crippen MR) is 59.5 cm³/mol. The maximum atomic E-state index is 12.7. The third-order valence-electron chi connectivity index (χ3n) is 1.83. The number of hydrogen-bond donors (Lipinski definition) is 1. The second-order valence-corrected chi connectivity index (χ2v) is 4.37. The molecule has 0 radical (unpaired) electrons. The van der Waals surface area contributed by atoms with Crippen LogP contribution in [-0.2, 0) is 6.42 Å². The molecule has 1 unspecified atom stereocenters. The molecule has 1 atom stereocenters. The Morgan fingerprint density at radius 2 is 2.29 bits per heavy atom. The summed E-state index contributed by atoms with van der Waals surface area (Å²) in [7, 11) is 0. The second-order valence-electron chi connectivity index (χ2n) is 3.05. The summed E-state index contributed by atoms with van der Waals surface area (Å²) in [6, 6.07) is 4.23. The van der Waals surface area contributed by atoms with Gasteiger partial charge in [-0.25, -0.2) is 4.39 Å². The number of thioether (sulfide) groups is 1. The smallest absolute Gasteiger partial charge is 0.124 e. The van der Waals surface area contributed by atoms with Crippen molar-refractivity contribution in [3.63, 3.8) is 0 Å². The Bertz CT molecular complexity index is 306. The van der Waals surface area contributed by atoms with Gasteiger partial charge in [0.15, 0.2) is 0 Å². The molecule has 0 fully saturated rings. The Balaban J connectivity index is 2.67. The highest BCUT2D eigenvalue weighted by atomic mass is 35.5. The van der Waals surface area contributed by atoms with Gasteiger partial charge < -0.3 is 5.11 Å². The van der Waals surface area contributed by atoms with E-state index in [0.717, 1.165) is 5.56 Å². The molecule has 0 aliphatic heterocycles. The van der Waals surface area contributed by atoms with Gasteiger partial charge in [0.1, 0.15) is 5.82 Å². The first kappa shape index (κ1) is 11.8. The van der Waals surface area contributed by atoms with E-state index < -0.39 is 6.10 Å². The van der Waals surface area contributed by atoms with E-state index >= 15 is 0 Å². The maximum Gasteiger partial charge on any atom is 0.124 e. The van der Waals surface area contributed by atoms with Crippen LogP contribution in [-0.4, -0.2) is 23.2 Å². The molecule has 0 saturated heterocycles. The molecule has 14 heavy (non-hydrogen) atoms. The molecule has 1 rings (SSSR count). The van der Waals surface area contributed by atoms with Gasteiger partial charge >= 0.3 is 0 Å². The summed E-state index contributed by atoms with van der Waals surface area (Å²) in [5.41, 5.74) is 0.787. The van der Waals surface area contributed by atoms with Gasteiger partial charge in [-0.1, -0.05) is 17.7 Å². The number of aliphatic hydroxyl groups is 1. The van der Waals surface area contributed by atoms with Crippen molar-refractivity contribution in [1.82, 2.24) is 0 Å². The molecule has 0 amide bonds. The predicted octanol–water partition coefficient (Wildman–Crippen LogP) is 2.75. The van der Waals surface area contributed by atoms with Gasteiger partial charge in [0, 0.05) is 17.2 Å². The van der Waals surface area contributed by atoms with Crippen LogP contribution in [0.15, 0.2) is 18.2 Å². The quantitative estimate of drug-likeness (QED) is 0.865. The average Bonchev–Trinajstić information content (AvgIpc) is 2.10. The Morgan fingerprint density at radius 1 is 1.57 bits per heavy atom. The van der Waals surface area contributed by atoms with Crippen LogP contribution in [0, 0.1) is 5.82 Å². The van der Waals surface area contributed by atoms with Crippen molar-refractivity contribution in [3.8, 4) is 0 Å². The zero-order chi connectivity index (χ0) is 10.6. The van der Waals surface area contributed by atoms with E-state index in [9.17, 15) is 9.50 Å². The molecule has 4 heteroatoms. The van der Waals surface area contributed by atoms with Crippen LogP contribution in [0.5, 0.6) is 0 Å². The SMILES string of the molecule is CSCC(O)Cc1ccc(F)cc1Cl. The molecule has 78 valence electrons. The Kier molecular flexibility index (Phi) is 4.72. The lowest BCUT2D eigenvalue weighted by atomic mass is 10.1. The first-order valence-corrected chi connectivity index (χ1v) is 6.01. The van der Waals surface area contributed by atoms with Gasteiger partial charge in [0.25, 0.3) is 0 Å². The second kappa shape index (κ2) is 5.59. The normalized spacial score (nSPS) is 12.9. The number of rotatable bonds is 4. The van der Waals surface area contributed by atoms with Crippen LogP contribution in [0.1, 0.15) is 5.56 Å². The summed E-state index contributed by atoms with van der Waals surface area (Å²) < 4.78 is 12.7. The van der Waals surface area contributed by atoms with Gasteiger partial charge in [-0.3, -0.25) is 0 Å². The lowest BCUT2D eigenvalue weighted by Crippen LogP contribution is -2.13. The zero-order valence-electron chi connectivity index (χ0n) is 7.84. The highest BCUT2D eigenvalue weighted by molar-refractivity contribution is 7.98. The molecule has 1 aromatic carbocycles. The van der Waals surface area contributed by atoms with Gasteiger partial charge in [-0.15, -0.1) is 0 Å². The minimum Gasteiger partial charge on any atom is -0.392 e. The van der Waals surface area contributed by atoms with Crippen molar-refractivity contribution in [2.24, 2.45) is 0 Å². The molecule has 0 aliphatic carbocycles. The molecule has 1 nitrogen and oxygen atoms in total. The third-order valence-corrected chi connectivity index (χ3v) is 2.90. The summed E-state index contributed by atoms with van der Waals surface area (Å²) in [5, 5.41) is 9.90. The van der Waals surface area contributed by atoms with Gasteiger partial charge in [0.2, 0.25) is 0 Å². The molecule has 1 aromatic rings. The number of aliphatic hydroxyl groups excluding tert-OH is 1. The van der Waals surface area contributed by atoms with Crippen molar-refractivity contribution in [2.75, 3.05) is 12.0 Å². The van der Waals surface area contributed by atoms with E-state index in [1.165, 1.54) is 12.1 Å². The van der Waals surface area contributed by atoms with Crippen LogP contribution >= 0.6 is 23.4 Å². The molecular weight excluding hydrogens is 223 g/mol. The van der Waals surface area contributed by atoms with Gasteiger partial charge in [-0.05, 0) is 24.0 Å². The molecule has 0 saturated carbocycles. The van der Waals surface area contributed by atoms with Crippen molar-refractivity contribution < 1.29 is 9.50 Å². The van der Waals surface area contributed by atoms with Gasteiger partial charge in [-0.2, -0.15) is 11.8 Å². The van der Waals surface area contributed by atoms with Crippen molar-refractivity contribution in [2.45, 2.75) is 12.5 Å². The van der Waals surface area contributed by atoms with E-state index in [-0.39, 0.29) is 5.82 Å². The maximum absolute atomic E-state index is 12.7. The van der Waals surface area contributed by atoms with Gasteiger partial charge in [0.05, 0.1) is 6.10 Å². The fourth-order valence-corrected chi connectivity index (χ4v) is 1.94. The summed E-state index contributed by atoms with van der Waals surface area (Å²) in [6.45, 7) is 0. The lowest BCUT2D eigenvalue weighted by Gasteiger charge is -2.10. The summed E-state index contributed by atoms with van der Waals surface area (Å²) in [6.07, 6.45) is 1.98. The molecule has 0 spiro atoms. The Labute approximate surface area is 92.3 Å². The molecule has 1 N–H and O–H groups in total. The lowest BCUT2D eigenvalue weighted by molar-refractivity contribution is 0.200. The number of halogens is 2. The van der Waals surface area contributed by atoms with Crippen molar-refractivity contribution in [3.05, 3.63) is 34.6 Å². The van der Waals surface area contributed by atoms with Crippen LogP contribution in [0.25, 0.3) is 0 Å². The fourth-order valence-electron chi connectivity index (χ4n) is 1.19. The summed E-state index contributed by atoms with van der Waals surface area (Å²) >= 11 is 7.39. The van der Waals surface area contributed by atoms with Crippen LogP contribution < -0.4 is 0 Å². The molecule has 0 aliphatic rings. The zero-order valence-corrected chi connectivity index (χ0v) is 9.41. The number of hydrogen-bond acceptors (Lipinski definition) is 2. The summed E-state index contributed by atoms with van der Waals surface area (Å²) in [4.78, 5) is 0. The highest BCUT2D eigenvalue weighted by Crippen LogP contribution is 2.19. The monoisotopic (exact) mass is 234 g/mol. The minimum atomic E-state index is -0.423. The van der Waals surface area contributed by atoms with Crippen molar-refractivity contribution in [1.29, 1.82) is 0 Å². The highest BCUT2D eigenvalue weighted by Gasteiger charge is 2.08. The van der Waals surface area contributed by atoms with Crippen molar-refractivity contribution >= 4 is 23.4 Å². The van der Waals surface area contributed by atoms with E-state index in [4.69, 9.17) is 11.6 Å². The van der Waals surface area contributed by atoms with Crippen LogP contribution in [0.4, 0.5) is 4.39 Å². The topological polar surface area (TPSA) is 20.2 Å². The summed E-state index contributed by atoms with van der Waals surface area (Å²) in [5.74, 6) is 0.311. The van der Waals surface area contributed by atoms with E-state index in [1.807, 2.05) is 6.26 Å². The van der Waals surface area contributed by atoms with E-state index in [0.29, 0.717) is 17.2 Å². The van der Waals surface area contributed by atoms with Crippen LogP contribution in [0.3, 0.4) is 0 Å². The van der Waals surface area contributed by atoms with E-state index in [2.05, 4.69) is 0 Å². The van der Waals surface area contributed by atoms with E-state index in [1.54, 1.807) is 17.8 Å². The number of benzene rings is 1. The minimum absolute atomic E-state index is 0.349. The molecule has 0 aromatic heterocycles. The average molecular weight is 235 g/mol. The van der Waals surface area contributed by atoms with Crippen LogP contribution in [0.2, 0.25) is 5.02 Å². The molecular formula is C10H12ClFOS. The first-order chi connectivity index (χ1) is 6.63.